The number of anilines is 1. The minimum Gasteiger partial charge on any atom is -0.393 e. The highest BCUT2D eigenvalue weighted by Gasteiger charge is 2.37. The molecule has 4 heterocycles. The number of H-pyrrole nitrogens is 1. The fraction of sp³-hybridized carbons (Fsp3) is 0.476. The lowest BCUT2D eigenvalue weighted by Gasteiger charge is -2.38. The first kappa shape index (κ1) is 20.6. The van der Waals surface area contributed by atoms with Gasteiger partial charge in [0.25, 0.3) is 0 Å². The van der Waals surface area contributed by atoms with Gasteiger partial charge in [-0.1, -0.05) is 13.8 Å². The second kappa shape index (κ2) is 7.86. The summed E-state index contributed by atoms with van der Waals surface area (Å²) in [5, 5.41) is 17.5. The number of aromatic nitrogens is 4. The Hall–Kier alpha value is -2.68. The van der Waals surface area contributed by atoms with Crippen molar-refractivity contribution in [1.82, 2.24) is 20.2 Å². The van der Waals surface area contributed by atoms with Gasteiger partial charge in [-0.3, -0.25) is 5.10 Å². The number of nitrogens with zero attached hydrogens (tertiary/aromatic N) is 4. The molecule has 3 aromatic rings. The van der Waals surface area contributed by atoms with Crippen LogP contribution in [-0.4, -0.2) is 44.5 Å². The zero-order valence-electron chi connectivity index (χ0n) is 16.8. The quantitative estimate of drug-likeness (QED) is 0.660. The molecule has 4 rings (SSSR count). The molecule has 0 aliphatic carbocycles. The van der Waals surface area contributed by atoms with Gasteiger partial charge in [-0.2, -0.15) is 18.3 Å². The van der Waals surface area contributed by atoms with Crippen LogP contribution < -0.4 is 4.90 Å². The maximum absolute atomic E-state index is 13.7. The Balaban J connectivity index is 1.76. The number of hydrogen-bond acceptors (Lipinski definition) is 5. The van der Waals surface area contributed by atoms with Gasteiger partial charge in [-0.05, 0) is 43.0 Å². The van der Waals surface area contributed by atoms with Crippen LogP contribution in [0.1, 0.15) is 32.3 Å². The summed E-state index contributed by atoms with van der Waals surface area (Å²) in [6.45, 7) is 5.29. The van der Waals surface area contributed by atoms with Crippen LogP contribution in [0.4, 0.5) is 19.0 Å². The van der Waals surface area contributed by atoms with Crippen molar-refractivity contribution in [2.24, 2.45) is 11.8 Å². The topological polar surface area (TPSA) is 77.9 Å². The number of nitrogens with one attached hydrogen (secondary N) is 1. The Kier molecular flexibility index (Phi) is 5.40. The molecule has 0 radical (unpaired) electrons. The molecule has 3 aromatic heterocycles. The second-order valence-corrected chi connectivity index (χ2v) is 8.23. The maximum Gasteiger partial charge on any atom is 0.418 e. The number of hydrogen-bond donors (Lipinski definition) is 2. The van der Waals surface area contributed by atoms with E-state index < -0.39 is 17.8 Å². The number of pyridine rings is 2. The average Bonchev–Trinajstić information content (AvgIpc) is 3.12. The largest absolute Gasteiger partial charge is 0.418 e. The van der Waals surface area contributed by atoms with Gasteiger partial charge in [0.1, 0.15) is 11.5 Å². The third-order valence-electron chi connectivity index (χ3n) is 5.54. The highest BCUT2D eigenvalue weighted by Crippen LogP contribution is 2.39. The van der Waals surface area contributed by atoms with Gasteiger partial charge in [-0.25, -0.2) is 9.97 Å². The molecule has 0 aromatic carbocycles. The smallest absolute Gasteiger partial charge is 0.393 e. The van der Waals surface area contributed by atoms with Crippen LogP contribution in [0.15, 0.2) is 30.5 Å². The van der Waals surface area contributed by atoms with Crippen molar-refractivity contribution >= 4 is 16.9 Å². The van der Waals surface area contributed by atoms with Crippen LogP contribution >= 0.6 is 0 Å². The van der Waals surface area contributed by atoms with Crippen LogP contribution in [0.3, 0.4) is 0 Å². The molecule has 30 heavy (non-hydrogen) atoms. The van der Waals surface area contributed by atoms with Crippen molar-refractivity contribution in [3.8, 4) is 11.4 Å². The lowest BCUT2D eigenvalue weighted by atomic mass is 9.87. The molecular weight excluding hydrogens is 395 g/mol. The van der Waals surface area contributed by atoms with Crippen LogP contribution in [0.5, 0.6) is 0 Å². The SMILES string of the molecule is CC(C)C[C@H]1CN(c2ccc(C(F)(F)F)c(-c3[nH]nc4ncccc34)n2)CC[C@@H]1O. The first-order valence-corrected chi connectivity index (χ1v) is 10.0. The van der Waals surface area contributed by atoms with Crippen molar-refractivity contribution in [2.75, 3.05) is 18.0 Å². The third-order valence-corrected chi connectivity index (χ3v) is 5.54. The molecule has 0 amide bonds. The van der Waals surface area contributed by atoms with E-state index in [9.17, 15) is 18.3 Å². The van der Waals surface area contributed by atoms with E-state index in [0.29, 0.717) is 42.3 Å². The molecule has 2 atom stereocenters. The van der Waals surface area contributed by atoms with Gasteiger partial charge in [0.15, 0.2) is 5.65 Å². The summed E-state index contributed by atoms with van der Waals surface area (Å²) in [5.41, 5.74) is -0.479. The Morgan fingerprint density at radius 3 is 2.80 bits per heavy atom. The Bertz CT molecular complexity index is 1030. The number of alkyl halides is 3. The fourth-order valence-corrected chi connectivity index (χ4v) is 4.14. The van der Waals surface area contributed by atoms with Crippen LogP contribution in [-0.2, 0) is 6.18 Å². The van der Waals surface area contributed by atoms with E-state index in [0.717, 1.165) is 12.5 Å². The molecule has 160 valence electrons. The summed E-state index contributed by atoms with van der Waals surface area (Å²) in [4.78, 5) is 10.5. The average molecular weight is 419 g/mol. The zero-order chi connectivity index (χ0) is 21.5. The molecule has 0 bridgehead atoms. The number of aliphatic hydroxyl groups is 1. The van der Waals surface area contributed by atoms with Crippen molar-refractivity contribution < 1.29 is 18.3 Å². The highest BCUT2D eigenvalue weighted by molar-refractivity contribution is 5.90. The van der Waals surface area contributed by atoms with Crippen molar-refractivity contribution in [1.29, 1.82) is 0 Å². The maximum atomic E-state index is 13.7. The third kappa shape index (κ3) is 3.98. The van der Waals surface area contributed by atoms with Crippen LogP contribution in [0, 0.1) is 11.8 Å². The van der Waals surface area contributed by atoms with Gasteiger partial charge in [0, 0.05) is 30.6 Å². The monoisotopic (exact) mass is 419 g/mol. The molecule has 0 unspecified atom stereocenters. The zero-order valence-corrected chi connectivity index (χ0v) is 16.8. The van der Waals surface area contributed by atoms with Crippen LogP contribution in [0.2, 0.25) is 0 Å². The standard InChI is InChI=1S/C21H24F3N5O/c1-12(2)10-13-11-29(9-7-16(13)30)17-6-5-15(21(22,23)24)19(26-17)18-14-4-3-8-25-20(14)28-27-18/h3-6,8,12-13,16,30H,7,9-11H2,1-2H3,(H,25,27,28)/t13-,16-/m0/s1. The summed E-state index contributed by atoms with van der Waals surface area (Å²) in [6, 6.07) is 5.81. The fourth-order valence-electron chi connectivity index (χ4n) is 4.14. The van der Waals surface area contributed by atoms with Crippen molar-refractivity contribution in [3.63, 3.8) is 0 Å². The second-order valence-electron chi connectivity index (χ2n) is 8.23. The number of halogens is 3. The molecule has 1 aliphatic rings. The van der Waals surface area contributed by atoms with Gasteiger partial charge in [0.2, 0.25) is 0 Å². The van der Waals surface area contributed by atoms with Crippen molar-refractivity contribution in [3.05, 3.63) is 36.0 Å². The normalized spacial score (nSPS) is 20.3. The number of aromatic amines is 1. The van der Waals surface area contributed by atoms with Gasteiger partial charge in [-0.15, -0.1) is 0 Å². The first-order valence-electron chi connectivity index (χ1n) is 10.0. The first-order chi connectivity index (χ1) is 14.2. The summed E-state index contributed by atoms with van der Waals surface area (Å²) in [7, 11) is 0. The van der Waals surface area contributed by atoms with E-state index in [-0.39, 0.29) is 17.3 Å². The van der Waals surface area contributed by atoms with Gasteiger partial charge < -0.3 is 10.0 Å². The molecule has 0 spiro atoms. The summed E-state index contributed by atoms with van der Waals surface area (Å²) < 4.78 is 41.2. The molecule has 1 saturated heterocycles. The number of aliphatic hydroxyl groups excluding tert-OH is 1. The number of fused-ring (bicyclic) bond motifs is 1. The van der Waals surface area contributed by atoms with Crippen molar-refractivity contribution in [2.45, 2.75) is 39.0 Å². The van der Waals surface area contributed by atoms with E-state index in [1.807, 2.05) is 4.90 Å². The summed E-state index contributed by atoms with van der Waals surface area (Å²) >= 11 is 0. The van der Waals surface area contributed by atoms with Crippen LogP contribution in [0.25, 0.3) is 22.4 Å². The predicted molar refractivity (Wildman–Crippen MR) is 108 cm³/mol. The van der Waals surface area contributed by atoms with E-state index >= 15 is 0 Å². The summed E-state index contributed by atoms with van der Waals surface area (Å²) in [5.74, 6) is 0.943. The van der Waals surface area contributed by atoms with E-state index in [4.69, 9.17) is 0 Å². The molecule has 1 aliphatic heterocycles. The molecule has 0 saturated carbocycles. The van der Waals surface area contributed by atoms with Gasteiger partial charge in [0.05, 0.1) is 17.4 Å². The predicted octanol–water partition coefficient (Wildman–Crippen LogP) is 4.27. The summed E-state index contributed by atoms with van der Waals surface area (Å²) in [6.07, 6.45) is -2.01. The minimum atomic E-state index is -4.56. The van der Waals surface area contributed by atoms with Gasteiger partial charge >= 0.3 is 6.18 Å². The van der Waals surface area contributed by atoms with E-state index in [1.165, 1.54) is 12.3 Å². The minimum absolute atomic E-state index is 0.0588. The lowest BCUT2D eigenvalue weighted by molar-refractivity contribution is -0.137. The Morgan fingerprint density at radius 1 is 1.27 bits per heavy atom. The molecule has 9 heteroatoms. The number of rotatable bonds is 4. The number of piperidine rings is 1. The molecular formula is C21H24F3N5O. The Labute approximate surface area is 172 Å². The molecule has 6 nitrogen and oxygen atoms in total. The molecule has 1 fully saturated rings. The van der Waals surface area contributed by atoms with E-state index in [2.05, 4.69) is 34.0 Å². The Morgan fingerprint density at radius 2 is 2.07 bits per heavy atom. The van der Waals surface area contributed by atoms with E-state index in [1.54, 1.807) is 12.1 Å². The highest BCUT2D eigenvalue weighted by atomic mass is 19.4. The lowest BCUT2D eigenvalue weighted by Crippen LogP contribution is -2.44. The molecule has 2 N–H and O–H groups in total.